The molecule has 0 saturated carbocycles. The summed E-state index contributed by atoms with van der Waals surface area (Å²) in [7, 11) is 0. The molecule has 5 heteroatoms. The van der Waals surface area contributed by atoms with Crippen molar-refractivity contribution in [1.82, 2.24) is 4.90 Å². The number of aliphatic carboxylic acids is 1. The van der Waals surface area contributed by atoms with Crippen LogP contribution in [-0.2, 0) is 4.79 Å². The minimum absolute atomic E-state index is 0.145. The van der Waals surface area contributed by atoms with Gasteiger partial charge in [-0.3, -0.25) is 9.69 Å². The Morgan fingerprint density at radius 2 is 1.92 bits per heavy atom. The highest BCUT2D eigenvalue weighted by atomic mass is 35.5. The summed E-state index contributed by atoms with van der Waals surface area (Å²) in [6, 6.07) is 15.4. The molecule has 2 heterocycles. The first kappa shape index (κ1) is 16.6. The first-order valence-corrected chi connectivity index (χ1v) is 9.61. The zero-order valence-electron chi connectivity index (χ0n) is 13.6. The van der Waals surface area contributed by atoms with Gasteiger partial charge in [-0.1, -0.05) is 48.0 Å². The van der Waals surface area contributed by atoms with Crippen LogP contribution in [0.25, 0.3) is 10.1 Å². The Kier molecular flexibility index (Phi) is 4.50. The van der Waals surface area contributed by atoms with E-state index in [2.05, 4.69) is 22.4 Å². The van der Waals surface area contributed by atoms with Crippen LogP contribution in [0.5, 0.6) is 0 Å². The average Bonchev–Trinajstić information content (AvgIpc) is 3.25. The van der Waals surface area contributed by atoms with Gasteiger partial charge >= 0.3 is 5.97 Å². The molecule has 128 valence electrons. The van der Waals surface area contributed by atoms with Crippen LogP contribution < -0.4 is 0 Å². The maximum atomic E-state index is 11.8. The van der Waals surface area contributed by atoms with Crippen molar-refractivity contribution in [3.63, 3.8) is 0 Å². The van der Waals surface area contributed by atoms with Crippen molar-refractivity contribution in [2.45, 2.75) is 24.9 Å². The van der Waals surface area contributed by atoms with Crippen LogP contribution in [0.1, 0.15) is 30.0 Å². The number of carboxylic acid groups (broad SMARTS) is 1. The number of halogens is 1. The highest BCUT2D eigenvalue weighted by Gasteiger charge is 2.38. The van der Waals surface area contributed by atoms with Crippen molar-refractivity contribution in [3.05, 3.63) is 70.1 Å². The number of likely N-dealkylation sites (tertiary alicyclic amines) is 1. The molecule has 2 atom stereocenters. The normalized spacial score (nSPS) is 19.3. The summed E-state index contributed by atoms with van der Waals surface area (Å²) in [6.07, 6.45) is 1.57. The van der Waals surface area contributed by atoms with E-state index in [1.165, 1.54) is 10.1 Å². The van der Waals surface area contributed by atoms with Gasteiger partial charge in [-0.15, -0.1) is 11.3 Å². The molecule has 4 rings (SSSR count). The molecule has 0 bridgehead atoms. The van der Waals surface area contributed by atoms with Crippen molar-refractivity contribution in [2.75, 3.05) is 6.54 Å². The monoisotopic (exact) mass is 371 g/mol. The third kappa shape index (κ3) is 2.95. The number of rotatable bonds is 4. The SMILES string of the molecule is O=C(O)C1CCCN1C(c1ccccc1Cl)c1csc2ccccc12. The van der Waals surface area contributed by atoms with Gasteiger partial charge in [0, 0.05) is 16.3 Å². The molecule has 1 saturated heterocycles. The highest BCUT2D eigenvalue weighted by molar-refractivity contribution is 7.17. The van der Waals surface area contributed by atoms with Crippen LogP contribution in [0.15, 0.2) is 53.9 Å². The molecule has 0 amide bonds. The second-order valence-electron chi connectivity index (χ2n) is 6.35. The zero-order chi connectivity index (χ0) is 17.4. The molecule has 3 nitrogen and oxygen atoms in total. The number of nitrogens with zero attached hydrogens (tertiary/aromatic N) is 1. The molecule has 1 aromatic heterocycles. The molecule has 0 radical (unpaired) electrons. The molecule has 2 aromatic carbocycles. The maximum Gasteiger partial charge on any atom is 0.320 e. The molecular formula is C20H18ClNO2S. The fraction of sp³-hybridized carbons (Fsp3) is 0.250. The van der Waals surface area contributed by atoms with E-state index < -0.39 is 12.0 Å². The van der Waals surface area contributed by atoms with Crippen LogP contribution in [0.4, 0.5) is 0 Å². The molecule has 3 aromatic rings. The lowest BCUT2D eigenvalue weighted by Crippen LogP contribution is -2.39. The Hall–Kier alpha value is -1.88. The fourth-order valence-corrected chi connectivity index (χ4v) is 5.01. The lowest BCUT2D eigenvalue weighted by atomic mass is 9.95. The molecule has 1 fully saturated rings. The van der Waals surface area contributed by atoms with Gasteiger partial charge in [-0.2, -0.15) is 0 Å². The quantitative estimate of drug-likeness (QED) is 0.685. The van der Waals surface area contributed by atoms with Crippen LogP contribution in [0.2, 0.25) is 5.02 Å². The number of carbonyl (C=O) groups is 1. The predicted molar refractivity (Wildman–Crippen MR) is 102 cm³/mol. The Morgan fingerprint density at radius 3 is 2.72 bits per heavy atom. The smallest absolute Gasteiger partial charge is 0.320 e. The number of hydrogen-bond donors (Lipinski definition) is 1. The first-order valence-electron chi connectivity index (χ1n) is 8.36. The van der Waals surface area contributed by atoms with Gasteiger partial charge in [0.2, 0.25) is 0 Å². The third-order valence-corrected chi connectivity index (χ3v) is 6.24. The van der Waals surface area contributed by atoms with Gasteiger partial charge < -0.3 is 5.11 Å². The molecule has 2 unspecified atom stereocenters. The average molecular weight is 372 g/mol. The second kappa shape index (κ2) is 6.79. The number of fused-ring (bicyclic) bond motifs is 1. The van der Waals surface area contributed by atoms with Gasteiger partial charge in [-0.05, 0) is 46.9 Å². The Bertz CT molecular complexity index is 923. The lowest BCUT2D eigenvalue weighted by molar-refractivity contribution is -0.142. The van der Waals surface area contributed by atoms with Crippen LogP contribution in [0, 0.1) is 0 Å². The Morgan fingerprint density at radius 1 is 1.16 bits per heavy atom. The molecule has 0 aliphatic carbocycles. The van der Waals surface area contributed by atoms with Gasteiger partial charge in [0.05, 0.1) is 6.04 Å². The maximum absolute atomic E-state index is 11.8. The summed E-state index contributed by atoms with van der Waals surface area (Å²) in [5.74, 6) is -0.755. The summed E-state index contributed by atoms with van der Waals surface area (Å²) < 4.78 is 1.21. The van der Waals surface area contributed by atoms with Crippen molar-refractivity contribution < 1.29 is 9.90 Å². The van der Waals surface area contributed by atoms with E-state index >= 15 is 0 Å². The molecule has 25 heavy (non-hydrogen) atoms. The highest BCUT2D eigenvalue weighted by Crippen LogP contribution is 2.42. The van der Waals surface area contributed by atoms with Crippen molar-refractivity contribution in [1.29, 1.82) is 0 Å². The number of benzene rings is 2. The Labute approximate surface area is 155 Å². The lowest BCUT2D eigenvalue weighted by Gasteiger charge is -2.32. The van der Waals surface area contributed by atoms with E-state index in [-0.39, 0.29) is 6.04 Å². The minimum atomic E-state index is -0.755. The van der Waals surface area contributed by atoms with Crippen molar-refractivity contribution in [2.24, 2.45) is 0 Å². The van der Waals surface area contributed by atoms with Crippen LogP contribution >= 0.6 is 22.9 Å². The standard InChI is InChI=1S/C20H18ClNO2S/c21-16-8-3-1-7-14(16)19(22-11-5-9-17(22)20(23)24)15-12-25-18-10-4-2-6-13(15)18/h1-4,6-8,10,12,17,19H,5,9,11H2,(H,23,24). The van der Waals surface area contributed by atoms with Gasteiger partial charge in [0.1, 0.15) is 6.04 Å². The summed E-state index contributed by atoms with van der Waals surface area (Å²) in [5.41, 5.74) is 2.11. The van der Waals surface area contributed by atoms with E-state index in [0.29, 0.717) is 11.4 Å². The summed E-state index contributed by atoms with van der Waals surface area (Å²) in [5, 5.41) is 13.7. The van der Waals surface area contributed by atoms with E-state index in [9.17, 15) is 9.90 Å². The van der Waals surface area contributed by atoms with Gasteiger partial charge in [-0.25, -0.2) is 0 Å². The van der Waals surface area contributed by atoms with E-state index in [0.717, 1.165) is 24.1 Å². The topological polar surface area (TPSA) is 40.5 Å². The van der Waals surface area contributed by atoms with Gasteiger partial charge in [0.15, 0.2) is 0 Å². The van der Waals surface area contributed by atoms with Crippen LogP contribution in [0.3, 0.4) is 0 Å². The minimum Gasteiger partial charge on any atom is -0.480 e. The molecule has 1 aliphatic heterocycles. The third-order valence-electron chi connectivity index (χ3n) is 4.92. The molecule has 1 N–H and O–H groups in total. The summed E-state index contributed by atoms with van der Waals surface area (Å²) in [4.78, 5) is 13.9. The second-order valence-corrected chi connectivity index (χ2v) is 7.66. The van der Waals surface area contributed by atoms with Crippen LogP contribution in [-0.4, -0.2) is 28.6 Å². The van der Waals surface area contributed by atoms with E-state index in [4.69, 9.17) is 11.6 Å². The number of hydrogen-bond acceptors (Lipinski definition) is 3. The molecular weight excluding hydrogens is 354 g/mol. The van der Waals surface area contributed by atoms with E-state index in [1.807, 2.05) is 36.4 Å². The first-order chi connectivity index (χ1) is 12.2. The fourth-order valence-electron chi connectivity index (χ4n) is 3.80. The predicted octanol–water partition coefficient (Wildman–Crippen LogP) is 5.19. The molecule has 0 spiro atoms. The van der Waals surface area contributed by atoms with E-state index in [1.54, 1.807) is 11.3 Å². The summed E-state index contributed by atoms with van der Waals surface area (Å²) in [6.45, 7) is 0.761. The summed E-state index contributed by atoms with van der Waals surface area (Å²) >= 11 is 8.22. The number of thiophene rings is 1. The largest absolute Gasteiger partial charge is 0.480 e. The molecule has 1 aliphatic rings. The number of carboxylic acids is 1. The Balaban J connectivity index is 1.90. The van der Waals surface area contributed by atoms with Gasteiger partial charge in [0.25, 0.3) is 0 Å². The zero-order valence-corrected chi connectivity index (χ0v) is 15.1. The van der Waals surface area contributed by atoms with Crippen molar-refractivity contribution >= 4 is 39.0 Å². The van der Waals surface area contributed by atoms with Crippen molar-refractivity contribution in [3.8, 4) is 0 Å².